The van der Waals surface area contributed by atoms with Gasteiger partial charge >= 0.3 is 21.1 Å². The Morgan fingerprint density at radius 3 is 2.60 bits per heavy atom. The van der Waals surface area contributed by atoms with Crippen molar-refractivity contribution in [3.63, 3.8) is 0 Å². The van der Waals surface area contributed by atoms with Crippen LogP contribution in [0.25, 0.3) is 22.4 Å². The summed E-state index contributed by atoms with van der Waals surface area (Å²) in [5.74, 6) is 1.02. The second-order valence-electron chi connectivity index (χ2n) is 8.45. The predicted octanol–water partition coefficient (Wildman–Crippen LogP) is 5.58. The van der Waals surface area contributed by atoms with Gasteiger partial charge in [0, 0.05) is 17.5 Å². The number of aromatic nitrogens is 2. The van der Waals surface area contributed by atoms with Gasteiger partial charge in [-0.05, 0) is 30.2 Å². The third-order valence-electron chi connectivity index (χ3n) is 6.39. The molecule has 35 heavy (non-hydrogen) atoms. The zero-order chi connectivity index (χ0) is 23.2. The topological polar surface area (TPSA) is 53.7 Å². The van der Waals surface area contributed by atoms with Crippen molar-refractivity contribution in [2.24, 2.45) is 4.99 Å². The van der Waals surface area contributed by atoms with Crippen LogP contribution in [0, 0.1) is 13.0 Å². The van der Waals surface area contributed by atoms with E-state index in [4.69, 9.17) is 9.98 Å². The molecule has 0 bridgehead atoms. The molecule has 1 aliphatic rings. The van der Waals surface area contributed by atoms with Gasteiger partial charge in [0.25, 0.3) is 6.85 Å². The van der Waals surface area contributed by atoms with Crippen LogP contribution in [0.5, 0.6) is 5.75 Å². The summed E-state index contributed by atoms with van der Waals surface area (Å²) >= 11 is 0. The Morgan fingerprint density at radius 1 is 1.00 bits per heavy atom. The van der Waals surface area contributed by atoms with Crippen molar-refractivity contribution >= 4 is 46.7 Å². The number of hydrogen-bond donors (Lipinski definition) is 1. The van der Waals surface area contributed by atoms with Gasteiger partial charge in [0.05, 0.1) is 11.1 Å². The number of phenols is 1. The number of phenolic OH excluding ortho intramolecular Hbond substituents is 1. The molecule has 6 rings (SSSR count). The average molecular weight is 635 g/mol. The first-order chi connectivity index (χ1) is 16.6. The number of anilines is 2. The maximum atomic E-state index is 10.5. The van der Waals surface area contributed by atoms with E-state index in [1.165, 1.54) is 0 Å². The fourth-order valence-corrected chi connectivity index (χ4v) is 4.73. The minimum atomic E-state index is 0. The van der Waals surface area contributed by atoms with Crippen molar-refractivity contribution in [2.75, 3.05) is 4.90 Å². The first-order valence-electron chi connectivity index (χ1n) is 11.3. The first-order valence-corrected chi connectivity index (χ1v) is 11.3. The van der Waals surface area contributed by atoms with E-state index in [0.717, 1.165) is 50.5 Å². The standard InChI is InChI=1S/C28H21BN4O.Pt/c1-19-10-6-7-15-23(19)32(20-11-4-3-5-12-20)18-30-22-14-9-16-24-27(22)31-28-26-21(29(2)33(24)28)13-8-17-25(26)34;/h3-11,13-17,34H,1-2H3;/q-2;+2. The van der Waals surface area contributed by atoms with Crippen molar-refractivity contribution in [2.45, 2.75) is 13.7 Å². The molecule has 0 atom stereocenters. The molecule has 0 saturated heterocycles. The average Bonchev–Trinajstić information content (AvgIpc) is 3.37. The third-order valence-corrected chi connectivity index (χ3v) is 6.39. The van der Waals surface area contributed by atoms with Crippen molar-refractivity contribution in [1.29, 1.82) is 0 Å². The molecule has 5 aromatic rings. The van der Waals surface area contributed by atoms with Gasteiger partial charge in [-0.2, -0.15) is 30.0 Å². The number of fused-ring (bicyclic) bond motifs is 5. The molecule has 1 aliphatic heterocycles. The summed E-state index contributed by atoms with van der Waals surface area (Å²) in [4.78, 5) is 11.6. The van der Waals surface area contributed by atoms with E-state index in [1.807, 2.05) is 77.7 Å². The minimum Gasteiger partial charge on any atom is -0.507 e. The van der Waals surface area contributed by atoms with Crippen LogP contribution >= 0.6 is 0 Å². The molecule has 172 valence electrons. The molecule has 0 aliphatic carbocycles. The zero-order valence-corrected chi connectivity index (χ0v) is 21.5. The van der Waals surface area contributed by atoms with E-state index in [-0.39, 0.29) is 33.7 Å². The van der Waals surface area contributed by atoms with E-state index >= 15 is 0 Å². The van der Waals surface area contributed by atoms with E-state index in [9.17, 15) is 5.11 Å². The van der Waals surface area contributed by atoms with Crippen LogP contribution in [0.2, 0.25) is 6.82 Å². The molecular formula is C28H21BN4OPt. The van der Waals surface area contributed by atoms with Crippen LogP contribution in [0.3, 0.4) is 0 Å². The summed E-state index contributed by atoms with van der Waals surface area (Å²) < 4.78 is 2.17. The van der Waals surface area contributed by atoms with Gasteiger partial charge in [-0.1, -0.05) is 60.9 Å². The van der Waals surface area contributed by atoms with Crippen molar-refractivity contribution in [3.8, 4) is 17.1 Å². The van der Waals surface area contributed by atoms with Gasteiger partial charge in [-0.3, -0.25) is 0 Å². The van der Waals surface area contributed by atoms with E-state index in [2.05, 4.69) is 36.7 Å². The number of para-hydroxylation sites is 3. The number of nitrogens with zero attached hydrogens (tertiary/aromatic N) is 4. The molecule has 2 heterocycles. The molecule has 0 unspecified atom stereocenters. The van der Waals surface area contributed by atoms with E-state index < -0.39 is 0 Å². The van der Waals surface area contributed by atoms with Crippen LogP contribution < -0.4 is 10.4 Å². The first kappa shape index (κ1) is 23.1. The monoisotopic (exact) mass is 635 g/mol. The van der Waals surface area contributed by atoms with Crippen LogP contribution in [0.4, 0.5) is 17.1 Å². The fourth-order valence-electron chi connectivity index (χ4n) is 4.73. The SMILES string of the molecule is CB1c2cccc(O)c2-c2nc3c(N=[C-]N(c4[c-]cccc4)c4ccccc4C)cccc3n21.[Pt+2]. The van der Waals surface area contributed by atoms with Crippen molar-refractivity contribution in [3.05, 3.63) is 96.6 Å². The van der Waals surface area contributed by atoms with Gasteiger partial charge in [-0.25, -0.2) is 11.1 Å². The van der Waals surface area contributed by atoms with Crippen LogP contribution in [0.1, 0.15) is 5.56 Å². The van der Waals surface area contributed by atoms with Crippen molar-refractivity contribution < 1.29 is 26.2 Å². The van der Waals surface area contributed by atoms with Crippen LogP contribution in [0.15, 0.2) is 89.9 Å². The Bertz CT molecular complexity index is 1560. The van der Waals surface area contributed by atoms with Crippen LogP contribution in [-0.4, -0.2) is 27.8 Å². The smallest absolute Gasteiger partial charge is 0.507 e. The molecule has 0 fully saturated rings. The molecule has 4 aromatic carbocycles. The van der Waals surface area contributed by atoms with Gasteiger partial charge in [-0.15, -0.1) is 0 Å². The normalized spacial score (nSPS) is 12.0. The maximum Gasteiger partial charge on any atom is 2.00 e. The molecule has 7 heteroatoms. The number of aliphatic imine (C=N–C) groups is 1. The maximum absolute atomic E-state index is 10.5. The summed E-state index contributed by atoms with van der Waals surface area (Å²) in [6.07, 6.45) is 3.24. The molecule has 0 spiro atoms. The molecule has 1 aromatic heterocycles. The number of aryl methyl sites for hydroxylation is 1. The minimum absolute atomic E-state index is 0. The quantitative estimate of drug-likeness (QED) is 0.0924. The van der Waals surface area contributed by atoms with Gasteiger partial charge in [0.2, 0.25) is 0 Å². The molecule has 0 radical (unpaired) electrons. The second-order valence-corrected chi connectivity index (χ2v) is 8.45. The zero-order valence-electron chi connectivity index (χ0n) is 19.2. The fraction of sp³-hybridized carbons (Fsp3) is 0.0714. The molecule has 5 nitrogen and oxygen atoms in total. The molecular weight excluding hydrogens is 614 g/mol. The van der Waals surface area contributed by atoms with Crippen molar-refractivity contribution in [1.82, 2.24) is 9.46 Å². The summed E-state index contributed by atoms with van der Waals surface area (Å²) in [7, 11) is 0. The number of hydrogen-bond acceptors (Lipinski definition) is 3. The van der Waals surface area contributed by atoms with E-state index in [0.29, 0.717) is 0 Å². The predicted molar refractivity (Wildman–Crippen MR) is 139 cm³/mol. The number of imidazole rings is 1. The Morgan fingerprint density at radius 2 is 1.80 bits per heavy atom. The third kappa shape index (κ3) is 3.79. The number of rotatable bonds is 4. The van der Waals surface area contributed by atoms with Gasteiger partial charge in [0.15, 0.2) is 0 Å². The van der Waals surface area contributed by atoms with Gasteiger partial charge in [0.1, 0.15) is 11.6 Å². The number of aromatic hydroxyl groups is 1. The van der Waals surface area contributed by atoms with E-state index in [1.54, 1.807) is 6.07 Å². The van der Waals surface area contributed by atoms with Gasteiger partial charge < -0.3 is 19.5 Å². The molecule has 0 amide bonds. The number of benzene rings is 4. The summed E-state index contributed by atoms with van der Waals surface area (Å²) in [6, 6.07) is 30.8. The summed E-state index contributed by atoms with van der Waals surface area (Å²) in [5, 5.41) is 10.5. The largest absolute Gasteiger partial charge is 2.00 e. The second kappa shape index (κ2) is 9.20. The Labute approximate surface area is 219 Å². The molecule has 1 N–H and O–H groups in total. The summed E-state index contributed by atoms with van der Waals surface area (Å²) in [6.45, 7) is 4.27. The van der Waals surface area contributed by atoms with Crippen LogP contribution in [-0.2, 0) is 21.1 Å². The summed E-state index contributed by atoms with van der Waals surface area (Å²) in [5.41, 5.74) is 7.32. The Hall–Kier alpha value is -3.63. The molecule has 0 saturated carbocycles. The Kier molecular flexibility index (Phi) is 6.08. The Balaban J connectivity index is 0.00000253.